The molecule has 0 spiro atoms. The maximum atomic E-state index is 12.7. The minimum Gasteiger partial charge on any atom is -0.485 e. The molecule has 1 aromatic heterocycles. The van der Waals surface area contributed by atoms with Gasteiger partial charge in [0.15, 0.2) is 0 Å². The number of aromatic nitrogens is 1. The van der Waals surface area contributed by atoms with E-state index in [1.807, 2.05) is 6.07 Å². The molecule has 27 heavy (non-hydrogen) atoms. The van der Waals surface area contributed by atoms with Gasteiger partial charge in [0.25, 0.3) is 10.0 Å². The van der Waals surface area contributed by atoms with Crippen molar-refractivity contribution in [1.82, 2.24) is 4.98 Å². The van der Waals surface area contributed by atoms with E-state index in [9.17, 15) is 13.5 Å². The third-order valence-corrected chi connectivity index (χ3v) is 5.22. The predicted molar refractivity (Wildman–Crippen MR) is 99.7 cm³/mol. The second kappa shape index (κ2) is 6.84. The van der Waals surface area contributed by atoms with E-state index in [4.69, 9.17) is 10.00 Å². The summed E-state index contributed by atoms with van der Waals surface area (Å²) in [7, 11) is -3.88. The van der Waals surface area contributed by atoms with Crippen molar-refractivity contribution in [3.05, 3.63) is 54.2 Å². The van der Waals surface area contributed by atoms with Crippen LogP contribution in [0.1, 0.15) is 19.4 Å². The molecule has 3 rings (SSSR count). The van der Waals surface area contributed by atoms with Gasteiger partial charge in [-0.2, -0.15) is 5.26 Å². The van der Waals surface area contributed by atoms with Crippen LogP contribution in [0.5, 0.6) is 5.75 Å². The van der Waals surface area contributed by atoms with Crippen LogP contribution < -0.4 is 9.46 Å². The zero-order chi connectivity index (χ0) is 19.7. The number of nitrogens with one attached hydrogen (secondary N) is 2. The number of aromatic amines is 1. The molecule has 0 radical (unpaired) electrons. The van der Waals surface area contributed by atoms with Crippen molar-refractivity contribution >= 4 is 26.6 Å². The number of benzene rings is 1. The molecule has 2 aromatic carbocycles. The first-order valence-corrected chi connectivity index (χ1v) is 9.50. The molecule has 138 valence electrons. The summed E-state index contributed by atoms with van der Waals surface area (Å²) < 4.78 is 33.4. The molecule has 7 nitrogen and oxygen atoms in total. The Labute approximate surface area is 157 Å². The molecule has 8 heteroatoms. The number of aliphatic hydroxyl groups is 1. The third kappa shape index (κ3) is 3.82. The topological polar surface area (TPSA) is 115 Å². The van der Waals surface area contributed by atoms with Crippen LogP contribution in [0, 0.1) is 23.5 Å². The lowest BCUT2D eigenvalue weighted by molar-refractivity contribution is 0.0412. The summed E-state index contributed by atoms with van der Waals surface area (Å²) in [5.74, 6) is 0.443. The van der Waals surface area contributed by atoms with Crippen molar-refractivity contribution in [2.24, 2.45) is 0 Å². The number of rotatable bonds is 6. The van der Waals surface area contributed by atoms with E-state index < -0.39 is 15.6 Å². The monoisotopic (exact) mass is 383 g/mol. The summed E-state index contributed by atoms with van der Waals surface area (Å²) in [6.07, 6.45) is 1.50. The summed E-state index contributed by atoms with van der Waals surface area (Å²) in [6.45, 7) is 3.27. The number of sulfonamides is 1. The van der Waals surface area contributed by atoms with Gasteiger partial charge in [0.2, 0.25) is 0 Å². The molecule has 0 unspecified atom stereocenters. The molecule has 0 aliphatic rings. The lowest BCUT2D eigenvalue weighted by Gasteiger charge is -2.23. The first kappa shape index (κ1) is 18.6. The van der Waals surface area contributed by atoms with Crippen molar-refractivity contribution in [2.75, 3.05) is 11.3 Å². The van der Waals surface area contributed by atoms with E-state index in [1.54, 1.807) is 19.9 Å². The molecule has 0 aliphatic carbocycles. The molecular weight excluding hydrogens is 366 g/mol. The van der Waals surface area contributed by atoms with E-state index >= 15 is 0 Å². The van der Waals surface area contributed by atoms with Gasteiger partial charge < -0.3 is 14.8 Å². The highest BCUT2D eigenvalue weighted by Crippen LogP contribution is 2.26. The van der Waals surface area contributed by atoms with Gasteiger partial charge in [-0.3, -0.25) is 4.72 Å². The Balaban J connectivity index is 1.88. The van der Waals surface area contributed by atoms with Crippen LogP contribution in [0.4, 0.5) is 5.69 Å². The fourth-order valence-electron chi connectivity index (χ4n) is 2.43. The van der Waals surface area contributed by atoms with Crippen molar-refractivity contribution < 1.29 is 18.3 Å². The molecule has 0 fully saturated rings. The predicted octanol–water partition coefficient (Wildman–Crippen LogP) is 2.59. The van der Waals surface area contributed by atoms with Crippen LogP contribution in [0.25, 0.3) is 10.9 Å². The number of H-pyrrole nitrogens is 1. The number of anilines is 1. The zero-order valence-corrected chi connectivity index (χ0v) is 15.5. The van der Waals surface area contributed by atoms with E-state index in [0.29, 0.717) is 22.2 Å². The van der Waals surface area contributed by atoms with E-state index in [-0.39, 0.29) is 17.2 Å². The maximum Gasteiger partial charge on any atom is 0.262 e. The molecular formula is C19H17N3O4S. The van der Waals surface area contributed by atoms with Gasteiger partial charge in [0, 0.05) is 11.6 Å². The average molecular weight is 383 g/mol. The minimum atomic E-state index is -3.88. The van der Waals surface area contributed by atoms with Crippen molar-refractivity contribution in [3.8, 4) is 11.8 Å². The van der Waals surface area contributed by atoms with Gasteiger partial charge in [-0.1, -0.05) is 6.07 Å². The van der Waals surface area contributed by atoms with Gasteiger partial charge in [0.1, 0.15) is 23.1 Å². The van der Waals surface area contributed by atoms with Crippen molar-refractivity contribution in [1.29, 1.82) is 5.26 Å². The largest absolute Gasteiger partial charge is 0.485 e. The van der Waals surface area contributed by atoms with Gasteiger partial charge in [-0.05, 0) is 50.2 Å². The fourth-order valence-corrected chi connectivity index (χ4v) is 3.47. The van der Waals surface area contributed by atoms with Crippen LogP contribution in [0.15, 0.2) is 41.4 Å². The highest BCUT2D eigenvalue weighted by atomic mass is 32.2. The molecule has 0 amide bonds. The summed E-state index contributed by atoms with van der Waals surface area (Å²) >= 11 is 0. The number of nitriles is 1. The molecule has 0 saturated carbocycles. The van der Waals surface area contributed by atoms with E-state index in [0.717, 1.165) is 0 Å². The Bertz CT molecular complexity index is 1110. The Morgan fingerprint density at radius 2 is 2.04 bits per heavy atom. The standard InChI is InChI=1S/C19H17N3O4S/c1-19(2,12-23)26-14-6-8-15(9-7-14)27(24,25)22-17-5-3-4-16-13(10-20)11-21-18(16)17/h4,6-9,11,21-23H,12H2,1-2H3. The minimum absolute atomic E-state index is 0.0362. The first-order chi connectivity index (χ1) is 12.8. The number of aliphatic hydroxyl groups excluding tert-OH is 1. The summed E-state index contributed by atoms with van der Waals surface area (Å²) in [5.41, 5.74) is 0.253. The lowest BCUT2D eigenvalue weighted by atomic mass is 10.1. The van der Waals surface area contributed by atoms with Gasteiger partial charge >= 0.3 is 0 Å². The highest BCUT2D eigenvalue weighted by molar-refractivity contribution is 7.92. The number of nitrogens with zero attached hydrogens (tertiary/aromatic N) is 1. The Hall–Kier alpha value is -3.20. The Morgan fingerprint density at radius 1 is 1.33 bits per heavy atom. The second-order valence-corrected chi connectivity index (χ2v) is 8.17. The lowest BCUT2D eigenvalue weighted by Crippen LogP contribution is -2.32. The van der Waals surface area contributed by atoms with Gasteiger partial charge in [-0.25, -0.2) is 8.42 Å². The number of ether oxygens (including phenoxy) is 1. The highest BCUT2D eigenvalue weighted by Gasteiger charge is 2.20. The summed E-state index contributed by atoms with van der Waals surface area (Å²) in [4.78, 5) is 2.91. The fraction of sp³-hybridized carbons (Fsp3) is 0.211. The van der Waals surface area contributed by atoms with Crippen LogP contribution in [-0.4, -0.2) is 30.7 Å². The molecule has 0 bridgehead atoms. The zero-order valence-electron chi connectivity index (χ0n) is 14.7. The normalized spacial score (nSPS) is 11.6. The number of fused-ring (bicyclic) bond motifs is 1. The van der Waals surface area contributed by atoms with E-state index in [2.05, 4.69) is 21.8 Å². The van der Waals surface area contributed by atoms with Crippen LogP contribution in [0.3, 0.4) is 0 Å². The van der Waals surface area contributed by atoms with Gasteiger partial charge in [0.05, 0.1) is 22.6 Å². The quantitative estimate of drug-likeness (QED) is 0.605. The van der Waals surface area contributed by atoms with Crippen molar-refractivity contribution in [3.63, 3.8) is 0 Å². The Kier molecular flexibility index (Phi) is 4.71. The molecule has 1 heterocycles. The maximum absolute atomic E-state index is 12.7. The molecule has 3 aromatic rings. The molecule has 3 N–H and O–H groups in total. The van der Waals surface area contributed by atoms with Crippen LogP contribution in [-0.2, 0) is 10.0 Å². The van der Waals surface area contributed by atoms with Crippen molar-refractivity contribution in [2.45, 2.75) is 24.3 Å². The SMILES string of the molecule is CC(C)(CO)Oc1ccc(S(=O)(=O)Nc2c#ccc3c(C#N)c[nH]c23)cc1. The second-order valence-electron chi connectivity index (χ2n) is 6.49. The molecule has 0 atom stereocenters. The Morgan fingerprint density at radius 3 is 2.67 bits per heavy atom. The van der Waals surface area contributed by atoms with Crippen LogP contribution >= 0.6 is 0 Å². The third-order valence-electron chi connectivity index (χ3n) is 3.85. The first-order valence-electron chi connectivity index (χ1n) is 8.02. The molecule has 0 aliphatic heterocycles. The van der Waals surface area contributed by atoms with Crippen LogP contribution in [0.2, 0.25) is 0 Å². The smallest absolute Gasteiger partial charge is 0.262 e. The molecule has 0 saturated heterocycles. The number of hydrogen-bond acceptors (Lipinski definition) is 5. The van der Waals surface area contributed by atoms with Gasteiger partial charge in [-0.15, -0.1) is 0 Å². The number of hydrogen-bond donors (Lipinski definition) is 3. The summed E-state index contributed by atoms with van der Waals surface area (Å²) in [6, 6.07) is 14.9. The summed E-state index contributed by atoms with van der Waals surface area (Å²) in [5, 5.41) is 18.9. The average Bonchev–Trinajstić information content (AvgIpc) is 3.06. The van der Waals surface area contributed by atoms with E-state index in [1.165, 1.54) is 30.5 Å².